The van der Waals surface area contributed by atoms with E-state index in [0.29, 0.717) is 36.0 Å². The van der Waals surface area contributed by atoms with Crippen molar-refractivity contribution in [3.05, 3.63) is 41.5 Å². The second kappa shape index (κ2) is 8.65. The van der Waals surface area contributed by atoms with Crippen molar-refractivity contribution in [2.24, 2.45) is 5.41 Å². The molecule has 1 aliphatic heterocycles. The molecule has 0 aliphatic carbocycles. The van der Waals surface area contributed by atoms with E-state index in [-0.39, 0.29) is 18.5 Å². The number of esters is 1. The standard InChI is InChI=1S/C23H27NO6/c1-6-29-22(26)23(2,3)13-30-19-16(9-10-18(27-4)20(19)28-5)14-7-8-17-15(11-14)12-24-21(17)25/h7-11H,6,12-13H2,1-5H3,(H,24,25). The molecule has 0 bridgehead atoms. The SMILES string of the molecule is CCOC(=O)C(C)(C)COc1c(-c2ccc3c(c2)CNC3=O)ccc(OC)c1OC. The summed E-state index contributed by atoms with van der Waals surface area (Å²) in [7, 11) is 3.09. The molecule has 1 N–H and O–H groups in total. The third-order valence-electron chi connectivity index (χ3n) is 5.01. The highest BCUT2D eigenvalue weighted by atomic mass is 16.5. The van der Waals surface area contributed by atoms with Crippen LogP contribution in [0.4, 0.5) is 0 Å². The van der Waals surface area contributed by atoms with Crippen molar-refractivity contribution >= 4 is 11.9 Å². The van der Waals surface area contributed by atoms with Crippen LogP contribution in [0.25, 0.3) is 11.1 Å². The summed E-state index contributed by atoms with van der Waals surface area (Å²) in [5.41, 5.74) is 2.38. The summed E-state index contributed by atoms with van der Waals surface area (Å²) in [4.78, 5) is 24.2. The van der Waals surface area contributed by atoms with Gasteiger partial charge in [-0.1, -0.05) is 6.07 Å². The molecule has 0 aromatic heterocycles. The molecule has 0 saturated heterocycles. The number of fused-ring (bicyclic) bond motifs is 1. The first-order chi connectivity index (χ1) is 14.3. The normalized spacial score (nSPS) is 12.8. The van der Waals surface area contributed by atoms with Gasteiger partial charge in [-0.15, -0.1) is 0 Å². The van der Waals surface area contributed by atoms with Crippen LogP contribution in [0, 0.1) is 5.41 Å². The lowest BCUT2D eigenvalue weighted by Crippen LogP contribution is -2.33. The summed E-state index contributed by atoms with van der Waals surface area (Å²) in [6.45, 7) is 6.19. The van der Waals surface area contributed by atoms with Crippen LogP contribution in [0.5, 0.6) is 17.2 Å². The maximum atomic E-state index is 12.3. The fourth-order valence-corrected chi connectivity index (χ4v) is 3.31. The largest absolute Gasteiger partial charge is 0.493 e. The summed E-state index contributed by atoms with van der Waals surface area (Å²) in [5.74, 6) is 1.01. The number of methoxy groups -OCH3 is 2. The average Bonchev–Trinajstić information content (AvgIpc) is 3.11. The number of hydrogen-bond acceptors (Lipinski definition) is 6. The number of ether oxygens (including phenoxy) is 4. The molecular weight excluding hydrogens is 386 g/mol. The Balaban J connectivity index is 2.02. The van der Waals surface area contributed by atoms with Gasteiger partial charge in [0.05, 0.1) is 26.2 Å². The average molecular weight is 413 g/mol. The van der Waals surface area contributed by atoms with Crippen LogP contribution in [-0.2, 0) is 16.1 Å². The Kier molecular flexibility index (Phi) is 6.20. The monoisotopic (exact) mass is 413 g/mol. The Bertz CT molecular complexity index is 966. The molecule has 2 aromatic carbocycles. The second-order valence-electron chi connectivity index (χ2n) is 7.63. The van der Waals surface area contributed by atoms with Crippen LogP contribution in [0.3, 0.4) is 0 Å². The molecule has 0 radical (unpaired) electrons. The summed E-state index contributed by atoms with van der Waals surface area (Å²) in [5, 5.41) is 2.82. The van der Waals surface area contributed by atoms with Gasteiger partial charge >= 0.3 is 5.97 Å². The molecule has 160 valence electrons. The summed E-state index contributed by atoms with van der Waals surface area (Å²) < 4.78 is 22.3. The minimum atomic E-state index is -0.852. The molecule has 0 atom stereocenters. The van der Waals surface area contributed by atoms with Crippen molar-refractivity contribution in [1.29, 1.82) is 0 Å². The zero-order chi connectivity index (χ0) is 21.9. The highest BCUT2D eigenvalue weighted by Gasteiger charge is 2.32. The highest BCUT2D eigenvalue weighted by molar-refractivity contribution is 5.99. The Morgan fingerprint density at radius 1 is 1.07 bits per heavy atom. The molecule has 1 heterocycles. The Morgan fingerprint density at radius 2 is 1.80 bits per heavy atom. The minimum Gasteiger partial charge on any atom is -0.493 e. The molecule has 2 aromatic rings. The van der Waals surface area contributed by atoms with E-state index in [2.05, 4.69) is 5.32 Å². The molecule has 3 rings (SSSR count). The molecule has 7 nitrogen and oxygen atoms in total. The van der Waals surface area contributed by atoms with E-state index in [0.717, 1.165) is 16.7 Å². The zero-order valence-electron chi connectivity index (χ0n) is 18.0. The Hall–Kier alpha value is -3.22. The van der Waals surface area contributed by atoms with Crippen molar-refractivity contribution in [3.8, 4) is 28.4 Å². The van der Waals surface area contributed by atoms with Crippen LogP contribution in [0.1, 0.15) is 36.7 Å². The lowest BCUT2D eigenvalue weighted by Gasteiger charge is -2.25. The maximum absolute atomic E-state index is 12.3. The molecule has 0 unspecified atom stereocenters. The van der Waals surface area contributed by atoms with Gasteiger partial charge in [-0.25, -0.2) is 0 Å². The van der Waals surface area contributed by atoms with Crippen LogP contribution < -0.4 is 19.5 Å². The molecule has 30 heavy (non-hydrogen) atoms. The number of hydrogen-bond donors (Lipinski definition) is 1. The first-order valence-electron chi connectivity index (χ1n) is 9.79. The third kappa shape index (κ3) is 4.06. The van der Waals surface area contributed by atoms with E-state index in [1.807, 2.05) is 18.2 Å². The number of benzene rings is 2. The van der Waals surface area contributed by atoms with Gasteiger partial charge in [0, 0.05) is 17.7 Å². The molecule has 7 heteroatoms. The van der Waals surface area contributed by atoms with Crippen LogP contribution >= 0.6 is 0 Å². The maximum Gasteiger partial charge on any atom is 0.314 e. The van der Waals surface area contributed by atoms with Gasteiger partial charge in [-0.3, -0.25) is 9.59 Å². The van der Waals surface area contributed by atoms with Gasteiger partial charge in [0.2, 0.25) is 5.75 Å². The van der Waals surface area contributed by atoms with E-state index in [4.69, 9.17) is 18.9 Å². The second-order valence-corrected chi connectivity index (χ2v) is 7.63. The fourth-order valence-electron chi connectivity index (χ4n) is 3.31. The van der Waals surface area contributed by atoms with E-state index < -0.39 is 5.41 Å². The number of carbonyl (C=O) groups excluding carboxylic acids is 2. The van der Waals surface area contributed by atoms with Gasteiger partial charge in [0.25, 0.3) is 5.91 Å². The highest BCUT2D eigenvalue weighted by Crippen LogP contribution is 2.45. The summed E-state index contributed by atoms with van der Waals surface area (Å²) >= 11 is 0. The molecule has 1 aliphatic rings. The van der Waals surface area contributed by atoms with E-state index in [1.165, 1.54) is 7.11 Å². The van der Waals surface area contributed by atoms with E-state index in [1.54, 1.807) is 40.0 Å². The fraction of sp³-hybridized carbons (Fsp3) is 0.391. The molecule has 0 spiro atoms. The predicted octanol–water partition coefficient (Wildman–Crippen LogP) is 3.58. The molecular formula is C23H27NO6. The van der Waals surface area contributed by atoms with Crippen molar-refractivity contribution in [2.75, 3.05) is 27.4 Å². The number of nitrogens with one attached hydrogen (secondary N) is 1. The number of amides is 1. The smallest absolute Gasteiger partial charge is 0.314 e. The van der Waals surface area contributed by atoms with Crippen LogP contribution in [0.15, 0.2) is 30.3 Å². The lowest BCUT2D eigenvalue weighted by molar-refractivity contribution is -0.155. The Morgan fingerprint density at radius 3 is 2.47 bits per heavy atom. The van der Waals surface area contributed by atoms with Gasteiger partial charge in [-0.2, -0.15) is 0 Å². The summed E-state index contributed by atoms with van der Waals surface area (Å²) in [6, 6.07) is 9.30. The quantitative estimate of drug-likeness (QED) is 0.666. The third-order valence-corrected chi connectivity index (χ3v) is 5.01. The van der Waals surface area contributed by atoms with Crippen molar-refractivity contribution in [3.63, 3.8) is 0 Å². The Labute approximate surface area is 176 Å². The molecule has 0 saturated carbocycles. The topological polar surface area (TPSA) is 83.1 Å². The first kappa shape index (κ1) is 21.5. The van der Waals surface area contributed by atoms with Crippen molar-refractivity contribution in [1.82, 2.24) is 5.32 Å². The molecule has 0 fully saturated rings. The number of rotatable bonds is 8. The van der Waals surface area contributed by atoms with Gasteiger partial charge < -0.3 is 24.3 Å². The molecule has 1 amide bonds. The first-order valence-corrected chi connectivity index (χ1v) is 9.79. The van der Waals surface area contributed by atoms with Gasteiger partial charge in [0.15, 0.2) is 11.5 Å². The zero-order valence-corrected chi connectivity index (χ0v) is 18.0. The summed E-state index contributed by atoms with van der Waals surface area (Å²) in [6.07, 6.45) is 0. The van der Waals surface area contributed by atoms with Crippen LogP contribution in [-0.4, -0.2) is 39.3 Å². The lowest BCUT2D eigenvalue weighted by atomic mass is 9.95. The van der Waals surface area contributed by atoms with Crippen molar-refractivity contribution in [2.45, 2.75) is 27.3 Å². The minimum absolute atomic E-state index is 0.0727. The van der Waals surface area contributed by atoms with E-state index >= 15 is 0 Å². The van der Waals surface area contributed by atoms with Crippen LogP contribution in [0.2, 0.25) is 0 Å². The predicted molar refractivity (Wildman–Crippen MR) is 112 cm³/mol. The number of carbonyl (C=O) groups is 2. The van der Waals surface area contributed by atoms with E-state index in [9.17, 15) is 9.59 Å². The van der Waals surface area contributed by atoms with Crippen molar-refractivity contribution < 1.29 is 28.5 Å². The van der Waals surface area contributed by atoms with Gasteiger partial charge in [-0.05, 0) is 56.2 Å². The van der Waals surface area contributed by atoms with Gasteiger partial charge in [0.1, 0.15) is 6.61 Å².